The molecular weight excluding hydrogens is 330 g/mol. The molecule has 0 atom stereocenters. The summed E-state index contributed by atoms with van der Waals surface area (Å²) in [6.07, 6.45) is 1.86. The number of nitrogens with zero attached hydrogens (tertiary/aromatic N) is 2. The molecule has 1 N–H and O–H groups in total. The number of aromatic nitrogens is 1. The van der Waals surface area contributed by atoms with E-state index in [1.54, 1.807) is 0 Å². The summed E-state index contributed by atoms with van der Waals surface area (Å²) in [6, 6.07) is 2.14. The summed E-state index contributed by atoms with van der Waals surface area (Å²) in [4.78, 5) is 6.88. The second-order valence-electron chi connectivity index (χ2n) is 6.02. The van der Waals surface area contributed by atoms with Gasteiger partial charge in [-0.05, 0) is 56.6 Å². The van der Waals surface area contributed by atoms with Gasteiger partial charge in [0.05, 0.1) is 6.61 Å². The van der Waals surface area contributed by atoms with Gasteiger partial charge in [-0.25, -0.2) is 4.98 Å². The Bertz CT molecular complexity index is 432. The first-order valence-corrected chi connectivity index (χ1v) is 8.38. The van der Waals surface area contributed by atoms with E-state index in [-0.39, 0.29) is 5.54 Å². The van der Waals surface area contributed by atoms with Crippen LogP contribution < -0.4 is 10.2 Å². The summed E-state index contributed by atoms with van der Waals surface area (Å²) in [7, 11) is 0. The van der Waals surface area contributed by atoms with E-state index in [1.807, 2.05) is 13.1 Å². The molecule has 0 aliphatic carbocycles. The summed E-state index contributed by atoms with van der Waals surface area (Å²) in [5, 5.41) is 3.53. The van der Waals surface area contributed by atoms with Crippen LogP contribution in [0.5, 0.6) is 0 Å². The Morgan fingerprint density at radius 2 is 2.05 bits per heavy atom. The van der Waals surface area contributed by atoms with Gasteiger partial charge in [-0.15, -0.1) is 0 Å². The van der Waals surface area contributed by atoms with Crippen LogP contribution in [-0.4, -0.2) is 36.8 Å². The number of halogens is 1. The van der Waals surface area contributed by atoms with Crippen LogP contribution in [0, 0.1) is 0 Å². The molecule has 1 aromatic rings. The first-order valence-electron chi connectivity index (χ1n) is 7.59. The van der Waals surface area contributed by atoms with Crippen molar-refractivity contribution < 1.29 is 4.74 Å². The second-order valence-corrected chi connectivity index (χ2v) is 6.93. The number of anilines is 1. The highest BCUT2D eigenvalue weighted by Crippen LogP contribution is 2.22. The van der Waals surface area contributed by atoms with Crippen molar-refractivity contribution in [1.29, 1.82) is 0 Å². The fourth-order valence-corrected chi connectivity index (χ4v) is 2.36. The van der Waals surface area contributed by atoms with Gasteiger partial charge in [0, 0.05) is 48.0 Å². The van der Waals surface area contributed by atoms with E-state index in [2.05, 4.69) is 64.9 Å². The van der Waals surface area contributed by atoms with Crippen molar-refractivity contribution in [3.8, 4) is 0 Å². The molecule has 0 spiro atoms. The van der Waals surface area contributed by atoms with Crippen LogP contribution in [-0.2, 0) is 11.3 Å². The maximum Gasteiger partial charge on any atom is 0.133 e. The molecule has 5 heteroatoms. The molecular formula is C16H28BrN3O. The standard InChI is InChI=1S/C16H28BrN3O/c1-6-20(8-9-21-7-2)15-13(10-14(17)12-18-15)11-19-16(3,4)5/h10,12,19H,6-9,11H2,1-5H3. The molecule has 21 heavy (non-hydrogen) atoms. The van der Waals surface area contributed by atoms with Gasteiger partial charge in [0.2, 0.25) is 0 Å². The molecule has 1 rings (SSSR count). The van der Waals surface area contributed by atoms with E-state index in [4.69, 9.17) is 4.74 Å². The molecule has 0 bridgehead atoms. The third kappa shape index (κ3) is 6.76. The molecule has 0 unspecified atom stereocenters. The predicted molar refractivity (Wildman–Crippen MR) is 92.9 cm³/mol. The van der Waals surface area contributed by atoms with E-state index in [1.165, 1.54) is 5.56 Å². The second kappa shape index (κ2) is 8.71. The van der Waals surface area contributed by atoms with Gasteiger partial charge in [0.1, 0.15) is 5.82 Å². The summed E-state index contributed by atoms with van der Waals surface area (Å²) in [5.41, 5.74) is 1.29. The van der Waals surface area contributed by atoms with Crippen molar-refractivity contribution in [1.82, 2.24) is 10.3 Å². The normalized spacial score (nSPS) is 11.7. The Kier molecular flexibility index (Phi) is 7.63. The molecule has 0 aliphatic rings. The van der Waals surface area contributed by atoms with E-state index < -0.39 is 0 Å². The Morgan fingerprint density at radius 3 is 2.62 bits per heavy atom. The average Bonchev–Trinajstić information content (AvgIpc) is 2.41. The first kappa shape index (κ1) is 18.4. The Hall–Kier alpha value is -0.650. The lowest BCUT2D eigenvalue weighted by molar-refractivity contribution is 0.154. The highest BCUT2D eigenvalue weighted by molar-refractivity contribution is 9.10. The Balaban J connectivity index is 2.87. The summed E-state index contributed by atoms with van der Waals surface area (Å²) in [6.45, 7) is 14.8. The SMILES string of the molecule is CCOCCN(CC)c1ncc(Br)cc1CNC(C)(C)C. The summed E-state index contributed by atoms with van der Waals surface area (Å²) >= 11 is 3.52. The van der Waals surface area contributed by atoms with Crippen molar-refractivity contribution in [3.63, 3.8) is 0 Å². The fourth-order valence-electron chi connectivity index (χ4n) is 1.98. The number of likely N-dealkylation sites (N-methyl/N-ethyl adjacent to an activating group) is 1. The van der Waals surface area contributed by atoms with Crippen LogP contribution in [0.4, 0.5) is 5.82 Å². The van der Waals surface area contributed by atoms with E-state index in [9.17, 15) is 0 Å². The van der Waals surface area contributed by atoms with Crippen LogP contribution in [0.3, 0.4) is 0 Å². The molecule has 120 valence electrons. The number of rotatable bonds is 8. The number of hydrogen-bond donors (Lipinski definition) is 1. The zero-order chi connectivity index (χ0) is 15.9. The molecule has 4 nitrogen and oxygen atoms in total. The molecule has 0 saturated heterocycles. The Morgan fingerprint density at radius 1 is 1.33 bits per heavy atom. The van der Waals surface area contributed by atoms with E-state index >= 15 is 0 Å². The van der Waals surface area contributed by atoms with Gasteiger partial charge in [0.25, 0.3) is 0 Å². The average molecular weight is 358 g/mol. The van der Waals surface area contributed by atoms with E-state index in [0.717, 1.165) is 43.1 Å². The third-order valence-electron chi connectivity index (χ3n) is 3.11. The van der Waals surface area contributed by atoms with Crippen molar-refractivity contribution in [2.45, 2.75) is 46.7 Å². The molecule has 1 aromatic heterocycles. The van der Waals surface area contributed by atoms with Crippen LogP contribution in [0.1, 0.15) is 40.2 Å². The van der Waals surface area contributed by atoms with Crippen molar-refractivity contribution >= 4 is 21.7 Å². The van der Waals surface area contributed by atoms with Gasteiger partial charge < -0.3 is 15.0 Å². The molecule has 0 aromatic carbocycles. The molecule has 0 fully saturated rings. The highest BCUT2D eigenvalue weighted by Gasteiger charge is 2.15. The maximum atomic E-state index is 5.47. The Labute approximate surface area is 137 Å². The van der Waals surface area contributed by atoms with Gasteiger partial charge in [0.15, 0.2) is 0 Å². The zero-order valence-corrected chi connectivity index (χ0v) is 15.5. The summed E-state index contributed by atoms with van der Waals surface area (Å²) < 4.78 is 6.48. The van der Waals surface area contributed by atoms with Gasteiger partial charge in [-0.1, -0.05) is 0 Å². The van der Waals surface area contributed by atoms with Gasteiger partial charge >= 0.3 is 0 Å². The van der Waals surface area contributed by atoms with E-state index in [0.29, 0.717) is 0 Å². The molecule has 0 radical (unpaired) electrons. The molecule has 0 aliphatic heterocycles. The fraction of sp³-hybridized carbons (Fsp3) is 0.688. The zero-order valence-electron chi connectivity index (χ0n) is 13.9. The van der Waals surface area contributed by atoms with Crippen LogP contribution in [0.25, 0.3) is 0 Å². The van der Waals surface area contributed by atoms with Crippen molar-refractivity contribution in [3.05, 3.63) is 22.3 Å². The quantitative estimate of drug-likeness (QED) is 0.721. The van der Waals surface area contributed by atoms with Crippen molar-refractivity contribution in [2.75, 3.05) is 31.2 Å². The lowest BCUT2D eigenvalue weighted by Gasteiger charge is -2.26. The minimum Gasteiger partial charge on any atom is -0.380 e. The number of ether oxygens (including phenoxy) is 1. The third-order valence-corrected chi connectivity index (χ3v) is 3.54. The minimum atomic E-state index is 0.0853. The lowest BCUT2D eigenvalue weighted by atomic mass is 10.1. The van der Waals surface area contributed by atoms with Crippen LogP contribution >= 0.6 is 15.9 Å². The van der Waals surface area contributed by atoms with Crippen molar-refractivity contribution in [2.24, 2.45) is 0 Å². The lowest BCUT2D eigenvalue weighted by Crippen LogP contribution is -2.36. The summed E-state index contributed by atoms with van der Waals surface area (Å²) in [5.74, 6) is 1.04. The maximum absolute atomic E-state index is 5.47. The molecule has 0 amide bonds. The topological polar surface area (TPSA) is 37.4 Å². The molecule has 0 saturated carbocycles. The van der Waals surface area contributed by atoms with Gasteiger partial charge in [-0.3, -0.25) is 0 Å². The smallest absolute Gasteiger partial charge is 0.133 e. The van der Waals surface area contributed by atoms with Crippen LogP contribution in [0.2, 0.25) is 0 Å². The number of pyridine rings is 1. The largest absolute Gasteiger partial charge is 0.380 e. The number of nitrogens with one attached hydrogen (secondary N) is 1. The van der Waals surface area contributed by atoms with Crippen LogP contribution in [0.15, 0.2) is 16.7 Å². The first-order chi connectivity index (χ1) is 9.87. The predicted octanol–water partition coefficient (Wildman–Crippen LogP) is 3.60. The highest BCUT2D eigenvalue weighted by atomic mass is 79.9. The molecule has 1 heterocycles. The monoisotopic (exact) mass is 357 g/mol. The number of hydrogen-bond acceptors (Lipinski definition) is 4. The minimum absolute atomic E-state index is 0.0853. The van der Waals surface area contributed by atoms with Gasteiger partial charge in [-0.2, -0.15) is 0 Å².